The third kappa shape index (κ3) is 68.3. The number of unbranched alkanes of at least 4 members (excludes halogenated alkanes) is 65. The summed E-state index contributed by atoms with van der Waals surface area (Å²) in [5.41, 5.74) is 24.4. The second-order valence-electron chi connectivity index (χ2n) is 39.1. The van der Waals surface area contributed by atoms with Gasteiger partial charge in [-0.15, -0.1) is 0 Å². The summed E-state index contributed by atoms with van der Waals surface area (Å²) < 4.78 is 1.61. The molecule has 1 aliphatic rings. The fourth-order valence-electron chi connectivity index (χ4n) is 19.2. The minimum Gasteiger partial charge on any atom is -0.0654 e. The smallest absolute Gasteiger partial charge is 0.0654 e. The molecule has 3 heteroatoms. The molecule has 0 aliphatic carbocycles. The van der Waals surface area contributed by atoms with Gasteiger partial charge in [0.25, 0.3) is 0 Å². The van der Waals surface area contributed by atoms with Crippen molar-refractivity contribution >= 4 is 11.4 Å². The first kappa shape index (κ1) is 115. The van der Waals surface area contributed by atoms with Crippen molar-refractivity contribution in [1.29, 1.82) is 0 Å². The summed E-state index contributed by atoms with van der Waals surface area (Å²) in [6.07, 6.45) is 127. The van der Waals surface area contributed by atoms with Gasteiger partial charge in [-0.1, -0.05) is 424 Å². The van der Waals surface area contributed by atoms with E-state index in [4.69, 9.17) is 0 Å². The molecule has 121 heavy (non-hydrogen) atoms. The minimum absolute atomic E-state index is 0.611. The number of hydrogen-bond donors (Lipinski definition) is 0. The van der Waals surface area contributed by atoms with Gasteiger partial charge in [0.05, 0.1) is 0 Å². The van der Waals surface area contributed by atoms with E-state index in [-0.39, 0.29) is 0 Å². The first-order valence-corrected chi connectivity index (χ1v) is 57.2. The molecular weight excluding hydrogens is 1500 g/mol. The topological polar surface area (TPSA) is 25.3 Å². The van der Waals surface area contributed by atoms with Crippen LogP contribution in [0.25, 0.3) is 16.9 Å². The maximum atomic E-state index is 12.5. The molecule has 2 atom stereocenters. The Morgan fingerprint density at radius 2 is 0.488 bits per heavy atom. The molecule has 0 radical (unpaired) electrons. The van der Waals surface area contributed by atoms with Crippen molar-refractivity contribution in [2.45, 2.75) is 619 Å². The van der Waals surface area contributed by atoms with Gasteiger partial charge in [-0.25, -0.2) is 4.70 Å². The van der Waals surface area contributed by atoms with Crippen LogP contribution in [0.15, 0.2) is 83.5 Å². The average molecular weight is 1720 g/mol. The fraction of sp³-hybridized carbons (Fsp3) is 0.831. The van der Waals surface area contributed by atoms with E-state index in [1.165, 1.54) is 552 Å². The Labute approximate surface area is 767 Å². The SMILES string of the molecule is CCCCCCC(=CC(CCCCCC)CCc1ccccc1C1=CC(CCCC)=C(c2ccccc2CCC(C=C(CCCCC)CCCCCC)CCCCCC)[N+]1=[N-])CCCCC.CCCCCCCCCCCCCCCCCCCCCCCCCC[CH2][Ni][CH2]CCCCCCCCCCCCCCCCCCCCCCCCCC. The molecule has 0 aromatic heterocycles. The maximum absolute atomic E-state index is 12.5. The zero-order valence-electron chi connectivity index (χ0n) is 83.7. The first-order chi connectivity index (χ1) is 59.8. The van der Waals surface area contributed by atoms with Crippen LogP contribution in [0.1, 0.15) is 617 Å². The molecule has 0 N–H and O–H groups in total. The van der Waals surface area contributed by atoms with E-state index in [1.54, 1.807) is 15.8 Å². The summed E-state index contributed by atoms with van der Waals surface area (Å²) in [7, 11) is 0. The molecule has 0 fully saturated rings. The monoisotopic (exact) mass is 1720 g/mol. The summed E-state index contributed by atoms with van der Waals surface area (Å²) in [5, 5.41) is 2.87. The van der Waals surface area contributed by atoms with E-state index in [0.717, 1.165) is 43.5 Å². The molecule has 0 saturated carbocycles. The number of hydrogen-bond acceptors (Lipinski definition) is 0. The van der Waals surface area contributed by atoms with Crippen LogP contribution in [0, 0.1) is 11.8 Å². The summed E-state index contributed by atoms with van der Waals surface area (Å²) in [6, 6.07) is 18.1. The minimum atomic E-state index is 0.611. The third-order valence-electron chi connectivity index (χ3n) is 27.3. The molecule has 0 saturated heterocycles. The number of aryl methyl sites for hydroxylation is 2. The molecule has 706 valence electrons. The van der Waals surface area contributed by atoms with Gasteiger partial charge in [0.1, 0.15) is 0 Å². The number of allylic oxidation sites excluding steroid dienone is 6. The quantitative estimate of drug-likeness (QED) is 0.0273. The van der Waals surface area contributed by atoms with Gasteiger partial charge in [-0.05, 0) is 138 Å². The van der Waals surface area contributed by atoms with E-state index in [1.807, 2.05) is 0 Å². The Hall–Kier alpha value is -2.51. The predicted octanol–water partition coefficient (Wildman–Crippen LogP) is 43.1. The summed E-state index contributed by atoms with van der Waals surface area (Å²) >= 11 is 2.05. The Morgan fingerprint density at radius 1 is 0.256 bits per heavy atom. The second kappa shape index (κ2) is 90.8. The van der Waals surface area contributed by atoms with Crippen LogP contribution in [0.2, 0.25) is 10.8 Å². The van der Waals surface area contributed by atoms with E-state index < -0.39 is 0 Å². The number of nitrogens with zero attached hydrogens (tertiary/aromatic N) is 2. The Morgan fingerprint density at radius 3 is 0.785 bits per heavy atom. The summed E-state index contributed by atoms with van der Waals surface area (Å²) in [4.78, 5) is 0. The molecule has 0 spiro atoms. The molecular formula is C118H214N2Ni. The molecule has 2 aromatic rings. The molecule has 1 aliphatic heterocycles. The Balaban J connectivity index is 0.000000836. The van der Waals surface area contributed by atoms with Gasteiger partial charge in [-0.3, -0.25) is 0 Å². The molecule has 0 amide bonds. The molecule has 2 aromatic carbocycles. The fourth-order valence-corrected chi connectivity index (χ4v) is 20.4. The van der Waals surface area contributed by atoms with Crippen molar-refractivity contribution < 1.29 is 19.1 Å². The van der Waals surface area contributed by atoms with Crippen molar-refractivity contribution in [3.63, 3.8) is 0 Å². The van der Waals surface area contributed by atoms with Crippen LogP contribution in [0.5, 0.6) is 0 Å². The molecule has 2 nitrogen and oxygen atoms in total. The van der Waals surface area contributed by atoms with Crippen molar-refractivity contribution in [1.82, 2.24) is 0 Å². The molecule has 3 rings (SSSR count). The molecule has 1 heterocycles. The van der Waals surface area contributed by atoms with Gasteiger partial charge in [0, 0.05) is 22.8 Å². The van der Waals surface area contributed by atoms with E-state index in [0.29, 0.717) is 11.8 Å². The zero-order chi connectivity index (χ0) is 86.9. The van der Waals surface area contributed by atoms with Crippen LogP contribution in [-0.4, -0.2) is 4.70 Å². The summed E-state index contributed by atoms with van der Waals surface area (Å²) in [6.45, 7) is 20.9. The second-order valence-corrected chi connectivity index (χ2v) is 40.5. The van der Waals surface area contributed by atoms with Crippen LogP contribution in [0.4, 0.5) is 0 Å². The van der Waals surface area contributed by atoms with E-state index in [9.17, 15) is 5.53 Å². The van der Waals surface area contributed by atoms with Gasteiger partial charge >= 0.3 is 166 Å². The van der Waals surface area contributed by atoms with Gasteiger partial charge in [0.2, 0.25) is 11.4 Å². The van der Waals surface area contributed by atoms with Gasteiger partial charge < -0.3 is 5.53 Å². The van der Waals surface area contributed by atoms with Crippen LogP contribution >= 0.6 is 0 Å². The van der Waals surface area contributed by atoms with Crippen LogP contribution < -0.4 is 0 Å². The first-order valence-electron chi connectivity index (χ1n) is 55.8. The van der Waals surface area contributed by atoms with Crippen molar-refractivity contribution in [3.05, 3.63) is 111 Å². The third-order valence-corrected chi connectivity index (χ3v) is 28.7. The molecule has 0 bridgehead atoms. The molecule has 2 unspecified atom stereocenters. The number of benzene rings is 2. The number of rotatable bonds is 93. The zero-order valence-corrected chi connectivity index (χ0v) is 84.7. The Bertz CT molecular complexity index is 2580. The van der Waals surface area contributed by atoms with Crippen molar-refractivity contribution in [2.75, 3.05) is 0 Å². The van der Waals surface area contributed by atoms with Crippen molar-refractivity contribution in [3.8, 4) is 0 Å². The Kier molecular flexibility index (Phi) is 86.0. The standard InChI is InChI=1S/C64H104N2.2C27H55.Ni/c1-8-15-22-28-38-54(36-26-19-12-5)51-56(40-30-24-17-10-3)47-49-58-43-32-34-45-61(58)63-53-60(42-21-14-7)64(66(63)65)62-46-35-33-44-59(62)50-48-57(41-31-25-18-11-4)52-55(37-27-20-13-6)39-29-23-16-9-2;2*1-3-5-7-9-11-13-15-17-19-21-23-25-27-26-24-22-20-18-16-14-12-10-8-6-4-2;/h32-35,43-46,51-53,56-57H,8-31,36-42,47-50H2,1-7H3;2*1,3-27H2,2H3;. The van der Waals surface area contributed by atoms with Crippen LogP contribution in [-0.2, 0) is 27.3 Å². The normalized spacial score (nSPS) is 13.2. The predicted molar refractivity (Wildman–Crippen MR) is 546 cm³/mol. The van der Waals surface area contributed by atoms with Gasteiger partial charge in [0.15, 0.2) is 0 Å². The van der Waals surface area contributed by atoms with Gasteiger partial charge in [-0.2, -0.15) is 0 Å². The van der Waals surface area contributed by atoms with Crippen LogP contribution in [0.3, 0.4) is 0 Å². The van der Waals surface area contributed by atoms with Crippen molar-refractivity contribution in [2.24, 2.45) is 11.8 Å². The van der Waals surface area contributed by atoms with E-state index >= 15 is 0 Å². The van der Waals surface area contributed by atoms with E-state index in [2.05, 4.69) is 144 Å². The summed E-state index contributed by atoms with van der Waals surface area (Å²) in [5.74, 6) is 1.22. The average Bonchev–Trinajstić information content (AvgIpc) is 1.63.